The first kappa shape index (κ1) is 12.9. The normalized spacial score (nSPS) is 12.3. The Bertz CT molecular complexity index is 704. The maximum Gasteiger partial charge on any atom is 0.347 e. The number of carbonyl (C=O) groups is 1. The predicted octanol–water partition coefficient (Wildman–Crippen LogP) is 1.10. The van der Waals surface area contributed by atoms with E-state index in [1.54, 1.807) is 6.07 Å². The number of phenolic OH excluding ortho intramolecular Hbond substituents is 1. The zero-order valence-corrected chi connectivity index (χ0v) is 10.5. The molecule has 2 rings (SSSR count). The summed E-state index contributed by atoms with van der Waals surface area (Å²) in [6.07, 6.45) is 0. The Morgan fingerprint density at radius 1 is 1.42 bits per heavy atom. The van der Waals surface area contributed by atoms with E-state index >= 15 is 0 Å². The summed E-state index contributed by atoms with van der Waals surface area (Å²) in [6, 6.07) is 4.38. The van der Waals surface area contributed by atoms with Crippen molar-refractivity contribution in [2.24, 2.45) is 5.73 Å². The van der Waals surface area contributed by atoms with Crippen LogP contribution in [-0.4, -0.2) is 18.1 Å². The number of nitrogens with two attached hydrogens (primary N) is 1. The standard InChI is InChI=1S/C13H13NO5/c1-6(12(14)16)10-4-7-3-8(18-2)5-9(15)11(7)13(17)19-10/h3-6,15H,1-2H3,(H2,14,16). The van der Waals surface area contributed by atoms with Gasteiger partial charge in [0.1, 0.15) is 22.6 Å². The number of phenols is 1. The fourth-order valence-electron chi connectivity index (χ4n) is 1.77. The fraction of sp³-hybridized carbons (Fsp3) is 0.231. The maximum absolute atomic E-state index is 11.8. The van der Waals surface area contributed by atoms with Crippen molar-refractivity contribution in [1.82, 2.24) is 0 Å². The highest BCUT2D eigenvalue weighted by atomic mass is 16.5. The van der Waals surface area contributed by atoms with Gasteiger partial charge in [0.15, 0.2) is 0 Å². The van der Waals surface area contributed by atoms with Crippen LogP contribution in [0.25, 0.3) is 10.8 Å². The number of aromatic hydroxyl groups is 1. The van der Waals surface area contributed by atoms with Crippen LogP contribution in [0.4, 0.5) is 0 Å². The molecule has 2 aromatic rings. The molecule has 0 aliphatic carbocycles. The zero-order valence-electron chi connectivity index (χ0n) is 10.5. The number of benzene rings is 1. The molecule has 6 heteroatoms. The molecule has 3 N–H and O–H groups in total. The van der Waals surface area contributed by atoms with E-state index < -0.39 is 17.5 Å². The van der Waals surface area contributed by atoms with Gasteiger partial charge >= 0.3 is 5.63 Å². The van der Waals surface area contributed by atoms with Crippen LogP contribution in [-0.2, 0) is 4.79 Å². The van der Waals surface area contributed by atoms with Crippen molar-refractivity contribution < 1.29 is 19.1 Å². The first-order valence-corrected chi connectivity index (χ1v) is 5.58. The van der Waals surface area contributed by atoms with Crippen LogP contribution >= 0.6 is 0 Å². The molecule has 1 atom stereocenters. The summed E-state index contributed by atoms with van der Waals surface area (Å²) in [4.78, 5) is 23.0. The van der Waals surface area contributed by atoms with E-state index in [1.165, 1.54) is 26.2 Å². The summed E-state index contributed by atoms with van der Waals surface area (Å²) in [5, 5.41) is 10.2. The van der Waals surface area contributed by atoms with Crippen molar-refractivity contribution in [3.05, 3.63) is 34.4 Å². The molecular weight excluding hydrogens is 250 g/mol. The van der Waals surface area contributed by atoms with Gasteiger partial charge in [-0.15, -0.1) is 0 Å². The minimum atomic E-state index is -0.731. The molecule has 0 aliphatic rings. The van der Waals surface area contributed by atoms with Crippen LogP contribution in [0.3, 0.4) is 0 Å². The average molecular weight is 263 g/mol. The molecule has 0 radical (unpaired) electrons. The quantitative estimate of drug-likeness (QED) is 0.863. The number of primary amides is 1. The Morgan fingerprint density at radius 2 is 2.11 bits per heavy atom. The molecule has 0 bridgehead atoms. The lowest BCUT2D eigenvalue weighted by Gasteiger charge is -2.09. The molecule has 0 spiro atoms. The molecule has 0 saturated heterocycles. The van der Waals surface area contributed by atoms with Gasteiger partial charge in [-0.3, -0.25) is 4.79 Å². The third-order valence-electron chi connectivity index (χ3n) is 2.92. The van der Waals surface area contributed by atoms with Crippen LogP contribution in [0.2, 0.25) is 0 Å². The minimum Gasteiger partial charge on any atom is -0.507 e. The Morgan fingerprint density at radius 3 is 2.68 bits per heavy atom. The van der Waals surface area contributed by atoms with E-state index in [0.717, 1.165) is 0 Å². The Labute approximate surface area is 108 Å². The van der Waals surface area contributed by atoms with Crippen molar-refractivity contribution in [3.63, 3.8) is 0 Å². The lowest BCUT2D eigenvalue weighted by molar-refractivity contribution is -0.119. The number of methoxy groups -OCH3 is 1. The van der Waals surface area contributed by atoms with Gasteiger partial charge < -0.3 is 20.0 Å². The first-order chi connectivity index (χ1) is 8.93. The second-order valence-corrected chi connectivity index (χ2v) is 4.17. The first-order valence-electron chi connectivity index (χ1n) is 5.58. The van der Waals surface area contributed by atoms with Crippen molar-refractivity contribution in [1.29, 1.82) is 0 Å². The van der Waals surface area contributed by atoms with E-state index in [4.69, 9.17) is 14.9 Å². The smallest absolute Gasteiger partial charge is 0.347 e. The van der Waals surface area contributed by atoms with Crippen molar-refractivity contribution in [3.8, 4) is 11.5 Å². The van der Waals surface area contributed by atoms with E-state index in [1.807, 2.05) is 0 Å². The van der Waals surface area contributed by atoms with Gasteiger partial charge in [0.25, 0.3) is 0 Å². The molecule has 6 nitrogen and oxygen atoms in total. The molecule has 1 aromatic heterocycles. The molecule has 1 aromatic carbocycles. The lowest BCUT2D eigenvalue weighted by Crippen LogP contribution is -2.20. The SMILES string of the molecule is COc1cc(O)c2c(=O)oc(C(C)C(N)=O)cc2c1. The van der Waals surface area contributed by atoms with Crippen molar-refractivity contribution in [2.75, 3.05) is 7.11 Å². The van der Waals surface area contributed by atoms with E-state index in [0.29, 0.717) is 11.1 Å². The number of hydrogen-bond donors (Lipinski definition) is 2. The number of carbonyl (C=O) groups excluding carboxylic acids is 1. The van der Waals surface area contributed by atoms with Gasteiger partial charge in [-0.05, 0) is 24.4 Å². The summed E-state index contributed by atoms with van der Waals surface area (Å²) < 4.78 is 10.0. The summed E-state index contributed by atoms with van der Waals surface area (Å²) in [5.74, 6) is -1.02. The molecule has 0 fully saturated rings. The monoisotopic (exact) mass is 263 g/mol. The molecule has 1 amide bonds. The summed E-state index contributed by atoms with van der Waals surface area (Å²) in [7, 11) is 1.44. The van der Waals surface area contributed by atoms with Crippen LogP contribution in [0.1, 0.15) is 18.6 Å². The number of rotatable bonds is 3. The molecular formula is C13H13NO5. The van der Waals surface area contributed by atoms with E-state index in [2.05, 4.69) is 0 Å². The van der Waals surface area contributed by atoms with Gasteiger partial charge in [0.2, 0.25) is 5.91 Å². The minimum absolute atomic E-state index is 0.0428. The molecule has 100 valence electrons. The second-order valence-electron chi connectivity index (χ2n) is 4.17. The Hall–Kier alpha value is -2.50. The van der Waals surface area contributed by atoms with Gasteiger partial charge in [-0.1, -0.05) is 0 Å². The average Bonchev–Trinajstić information content (AvgIpc) is 2.36. The second kappa shape index (κ2) is 4.64. The molecule has 1 unspecified atom stereocenters. The van der Waals surface area contributed by atoms with Gasteiger partial charge in [0.05, 0.1) is 13.0 Å². The Balaban J connectivity index is 2.75. The lowest BCUT2D eigenvalue weighted by atomic mass is 10.0. The summed E-state index contributed by atoms with van der Waals surface area (Å²) in [5.41, 5.74) is 4.45. The van der Waals surface area contributed by atoms with E-state index in [-0.39, 0.29) is 16.9 Å². The Kier molecular flexibility index (Phi) is 3.16. The maximum atomic E-state index is 11.8. The van der Waals surface area contributed by atoms with Gasteiger partial charge in [0, 0.05) is 6.07 Å². The number of hydrogen-bond acceptors (Lipinski definition) is 5. The molecule has 0 aliphatic heterocycles. The summed E-state index contributed by atoms with van der Waals surface area (Å²) >= 11 is 0. The molecule has 1 heterocycles. The fourth-order valence-corrected chi connectivity index (χ4v) is 1.77. The number of amides is 1. The molecule has 0 saturated carbocycles. The largest absolute Gasteiger partial charge is 0.507 e. The highest BCUT2D eigenvalue weighted by Gasteiger charge is 2.18. The van der Waals surface area contributed by atoms with Crippen LogP contribution < -0.4 is 16.1 Å². The summed E-state index contributed by atoms with van der Waals surface area (Å²) in [6.45, 7) is 1.53. The van der Waals surface area contributed by atoms with E-state index in [9.17, 15) is 14.7 Å². The highest BCUT2D eigenvalue weighted by molar-refractivity contribution is 5.89. The van der Waals surface area contributed by atoms with Crippen LogP contribution in [0, 0.1) is 0 Å². The predicted molar refractivity (Wildman–Crippen MR) is 68.3 cm³/mol. The van der Waals surface area contributed by atoms with Crippen LogP contribution in [0.15, 0.2) is 27.4 Å². The van der Waals surface area contributed by atoms with Gasteiger partial charge in [-0.25, -0.2) is 4.79 Å². The number of fused-ring (bicyclic) bond motifs is 1. The van der Waals surface area contributed by atoms with Gasteiger partial charge in [-0.2, -0.15) is 0 Å². The van der Waals surface area contributed by atoms with Crippen molar-refractivity contribution >= 4 is 16.7 Å². The highest BCUT2D eigenvalue weighted by Crippen LogP contribution is 2.29. The zero-order chi connectivity index (χ0) is 14.2. The third kappa shape index (κ3) is 2.24. The third-order valence-corrected chi connectivity index (χ3v) is 2.92. The van der Waals surface area contributed by atoms with Crippen molar-refractivity contribution in [2.45, 2.75) is 12.8 Å². The number of ether oxygens (including phenoxy) is 1. The van der Waals surface area contributed by atoms with Crippen LogP contribution in [0.5, 0.6) is 11.5 Å². The molecule has 19 heavy (non-hydrogen) atoms. The topological polar surface area (TPSA) is 103 Å².